The molecule has 0 saturated heterocycles. The summed E-state index contributed by atoms with van der Waals surface area (Å²) in [5, 5.41) is 21.4. The van der Waals surface area contributed by atoms with Crippen molar-refractivity contribution in [2.45, 2.75) is 57.8 Å². The Morgan fingerprint density at radius 2 is 0.793 bits per heavy atom. The fourth-order valence-electron chi connectivity index (χ4n) is 6.58. The van der Waals surface area contributed by atoms with E-state index in [9.17, 15) is 10.0 Å². The topological polar surface area (TPSA) is 81.6 Å². The van der Waals surface area contributed by atoms with Crippen LogP contribution in [-0.2, 0) is 10.1 Å². The third kappa shape index (κ3) is 13.0. The van der Waals surface area contributed by atoms with Crippen LogP contribution in [0, 0.1) is 0 Å². The quantitative estimate of drug-likeness (QED) is 0.0480. The van der Waals surface area contributed by atoms with Gasteiger partial charge >= 0.3 is 0 Å². The minimum atomic E-state index is -2.23. The zero-order valence-corrected chi connectivity index (χ0v) is 33.8. The van der Waals surface area contributed by atoms with E-state index in [1.54, 1.807) is 9.46 Å². The van der Waals surface area contributed by atoms with Gasteiger partial charge in [0.2, 0.25) is 36.3 Å². The molecule has 0 aliphatic carbocycles. The maximum Gasteiger partial charge on any atom is 0.223 e. The normalized spacial score (nSPS) is 10.8. The second-order valence-electron chi connectivity index (χ2n) is 14.4. The Bertz CT molecular complexity index is 1950. The SMILES string of the molecule is CC(C)c1ccc(O[n+]2ccccc2)cc1.CC(C)c1ccc(O[n+]2ccccc2)cc1.[O-]B([O-])OCCCC(c1ccccc1)(c1ccccc1)c1ccccc1. The van der Waals surface area contributed by atoms with Gasteiger partial charge in [0.1, 0.15) is 0 Å². The first kappa shape index (κ1) is 43.1. The summed E-state index contributed by atoms with van der Waals surface area (Å²) in [4.78, 5) is 11.3. The third-order valence-corrected chi connectivity index (χ3v) is 9.64. The Morgan fingerprint density at radius 1 is 0.466 bits per heavy atom. The molecule has 58 heavy (non-hydrogen) atoms. The fourth-order valence-corrected chi connectivity index (χ4v) is 6.58. The van der Waals surface area contributed by atoms with Crippen LogP contribution in [0.5, 0.6) is 11.5 Å². The molecule has 0 radical (unpaired) electrons. The molecule has 7 nitrogen and oxygen atoms in total. The minimum Gasteiger partial charge on any atom is -0.871 e. The second kappa shape index (κ2) is 22.6. The van der Waals surface area contributed by atoms with Crippen molar-refractivity contribution in [2.75, 3.05) is 6.61 Å². The van der Waals surface area contributed by atoms with Crippen molar-refractivity contribution in [3.63, 3.8) is 0 Å². The number of benzene rings is 5. The molecule has 0 aliphatic heterocycles. The van der Waals surface area contributed by atoms with Gasteiger partial charge < -0.3 is 14.7 Å². The molecule has 0 atom stereocenters. The van der Waals surface area contributed by atoms with Crippen LogP contribution in [0.4, 0.5) is 0 Å². The summed E-state index contributed by atoms with van der Waals surface area (Å²) in [6.45, 7) is 8.89. The first-order valence-electron chi connectivity index (χ1n) is 19.8. The van der Waals surface area contributed by atoms with Crippen molar-refractivity contribution < 1.29 is 33.8 Å². The van der Waals surface area contributed by atoms with Gasteiger partial charge in [-0.1, -0.05) is 155 Å². The molecule has 0 amide bonds. The standard InChI is InChI=1S/C22H21BO3.2C14H16NO/c24-23(25)26-18-10-17-22(19-11-4-1-5-12-19,20-13-6-2-7-14-20)21-15-8-3-9-16-21;2*1-12(2)13-6-8-14(9-7-13)16-15-10-4-3-5-11-15/h1-9,11-16H,10,17-18H2;2*3-12H,1-2H3/q-2;2*+1. The molecule has 0 fully saturated rings. The second-order valence-corrected chi connectivity index (χ2v) is 14.4. The van der Waals surface area contributed by atoms with Crippen LogP contribution in [0.1, 0.15) is 80.2 Å². The molecule has 0 bridgehead atoms. The Kier molecular flexibility index (Phi) is 16.8. The van der Waals surface area contributed by atoms with Crippen LogP contribution < -0.4 is 29.2 Å². The molecular weight excluding hydrogens is 719 g/mol. The number of aromatic nitrogens is 2. The number of hydrogen-bond donors (Lipinski definition) is 0. The van der Waals surface area contributed by atoms with Gasteiger partial charge in [-0.15, -0.1) is 0 Å². The largest absolute Gasteiger partial charge is 0.871 e. The van der Waals surface area contributed by atoms with E-state index in [0.29, 0.717) is 18.3 Å². The molecule has 7 rings (SSSR count). The highest BCUT2D eigenvalue weighted by molar-refractivity contribution is 6.28. The highest BCUT2D eigenvalue weighted by Gasteiger charge is 2.35. The molecular formula is C50H53BN2O5. The molecule has 5 aromatic carbocycles. The molecule has 8 heteroatoms. The lowest BCUT2D eigenvalue weighted by Crippen LogP contribution is -2.48. The molecule has 7 aromatic rings. The maximum atomic E-state index is 10.7. The van der Waals surface area contributed by atoms with E-state index in [-0.39, 0.29) is 12.0 Å². The van der Waals surface area contributed by atoms with E-state index in [0.717, 1.165) is 17.9 Å². The number of rotatable bonds is 14. The van der Waals surface area contributed by atoms with Crippen LogP contribution in [0.3, 0.4) is 0 Å². The van der Waals surface area contributed by atoms with Gasteiger partial charge in [-0.2, -0.15) is 0 Å². The van der Waals surface area contributed by atoms with Gasteiger partial charge in [0.05, 0.1) is 7.32 Å². The number of hydrogen-bond acceptors (Lipinski definition) is 5. The van der Waals surface area contributed by atoms with Crippen molar-refractivity contribution in [3.05, 3.63) is 229 Å². The molecule has 0 saturated carbocycles. The Balaban J connectivity index is 0.000000174. The van der Waals surface area contributed by atoms with E-state index < -0.39 is 7.32 Å². The third-order valence-electron chi connectivity index (χ3n) is 9.64. The highest BCUT2D eigenvalue weighted by Crippen LogP contribution is 2.43. The predicted octanol–water partition coefficient (Wildman–Crippen LogP) is 8.40. The Morgan fingerprint density at radius 3 is 1.10 bits per heavy atom. The zero-order valence-electron chi connectivity index (χ0n) is 33.8. The lowest BCUT2D eigenvalue weighted by atomic mass is 9.67. The van der Waals surface area contributed by atoms with Crippen molar-refractivity contribution in [3.8, 4) is 11.5 Å². The van der Waals surface area contributed by atoms with Crippen molar-refractivity contribution >= 4 is 7.32 Å². The van der Waals surface area contributed by atoms with E-state index in [2.05, 4.69) is 88.4 Å². The Labute approximate surface area is 344 Å². The van der Waals surface area contributed by atoms with Gasteiger partial charge in [-0.25, -0.2) is 9.68 Å². The predicted molar refractivity (Wildman–Crippen MR) is 227 cm³/mol. The number of nitrogens with zero attached hydrogens (tertiary/aromatic N) is 2. The van der Waals surface area contributed by atoms with E-state index >= 15 is 0 Å². The van der Waals surface area contributed by atoms with Gasteiger partial charge in [0, 0.05) is 45.7 Å². The van der Waals surface area contributed by atoms with Crippen molar-refractivity contribution in [1.82, 2.24) is 0 Å². The lowest BCUT2D eigenvalue weighted by molar-refractivity contribution is -0.875. The average molecular weight is 773 g/mol. The van der Waals surface area contributed by atoms with Crippen LogP contribution in [0.2, 0.25) is 0 Å². The van der Waals surface area contributed by atoms with E-state index in [4.69, 9.17) is 14.3 Å². The molecule has 0 spiro atoms. The molecule has 2 aromatic heterocycles. The summed E-state index contributed by atoms with van der Waals surface area (Å²) < 4.78 is 8.10. The molecule has 0 aliphatic rings. The highest BCUT2D eigenvalue weighted by atomic mass is 16.7. The molecule has 0 unspecified atom stereocenters. The average Bonchev–Trinajstić information content (AvgIpc) is 3.26. The Hall–Kier alpha value is -6.06. The maximum absolute atomic E-state index is 10.7. The van der Waals surface area contributed by atoms with Crippen LogP contribution in [0.15, 0.2) is 201 Å². The van der Waals surface area contributed by atoms with Crippen LogP contribution in [0.25, 0.3) is 0 Å². The molecule has 296 valence electrons. The summed E-state index contributed by atoms with van der Waals surface area (Å²) in [5.41, 5.74) is 5.82. The van der Waals surface area contributed by atoms with Crippen LogP contribution in [-0.4, -0.2) is 13.9 Å². The summed E-state index contributed by atoms with van der Waals surface area (Å²) in [6, 6.07) is 59.1. The van der Waals surface area contributed by atoms with Gasteiger partial charge in [0.25, 0.3) is 0 Å². The zero-order chi connectivity index (χ0) is 41.0. The van der Waals surface area contributed by atoms with Gasteiger partial charge in [-0.05, 0) is 76.8 Å². The van der Waals surface area contributed by atoms with Crippen molar-refractivity contribution in [1.29, 1.82) is 0 Å². The molecule has 2 heterocycles. The summed E-state index contributed by atoms with van der Waals surface area (Å²) in [6.07, 6.45) is 8.83. The van der Waals surface area contributed by atoms with E-state index in [1.165, 1.54) is 27.8 Å². The summed E-state index contributed by atoms with van der Waals surface area (Å²) in [5.74, 6) is 2.80. The van der Waals surface area contributed by atoms with Crippen molar-refractivity contribution in [2.24, 2.45) is 0 Å². The summed E-state index contributed by atoms with van der Waals surface area (Å²) in [7, 11) is -2.23. The van der Waals surface area contributed by atoms with E-state index in [1.807, 2.05) is 140 Å². The first-order chi connectivity index (χ1) is 28.2. The molecule has 0 N–H and O–H groups in total. The smallest absolute Gasteiger partial charge is 0.223 e. The lowest BCUT2D eigenvalue weighted by Gasteiger charge is -2.37. The minimum absolute atomic E-state index is 0.159. The fraction of sp³-hybridized carbons (Fsp3) is 0.200. The van der Waals surface area contributed by atoms with Gasteiger partial charge in [0.15, 0.2) is 0 Å². The van der Waals surface area contributed by atoms with Gasteiger partial charge in [-0.3, -0.25) is 0 Å². The summed E-state index contributed by atoms with van der Waals surface area (Å²) >= 11 is 0. The number of pyridine rings is 2. The first-order valence-corrected chi connectivity index (χ1v) is 19.8. The van der Waals surface area contributed by atoms with Crippen LogP contribution >= 0.6 is 0 Å². The monoisotopic (exact) mass is 772 g/mol.